The van der Waals surface area contributed by atoms with E-state index in [1.807, 2.05) is 48.7 Å². The molecule has 0 bridgehead atoms. The molecule has 0 aliphatic rings. The molecule has 0 amide bonds. The Balaban J connectivity index is 1.15. The highest BCUT2D eigenvalue weighted by molar-refractivity contribution is 5.86. The highest BCUT2D eigenvalue weighted by atomic mass is 16.5. The van der Waals surface area contributed by atoms with E-state index in [-0.39, 0.29) is 12.0 Å². The van der Waals surface area contributed by atoms with Gasteiger partial charge in [-0.3, -0.25) is 4.98 Å². The average Bonchev–Trinajstić information content (AvgIpc) is 3.55. The first-order valence-electron chi connectivity index (χ1n) is 11.8. The Labute approximate surface area is 212 Å². The molecule has 0 fully saturated rings. The van der Waals surface area contributed by atoms with Gasteiger partial charge in [-0.15, -0.1) is 0 Å². The molecule has 37 heavy (non-hydrogen) atoms. The summed E-state index contributed by atoms with van der Waals surface area (Å²) >= 11 is 0. The van der Waals surface area contributed by atoms with E-state index < -0.39 is 0 Å². The van der Waals surface area contributed by atoms with Gasteiger partial charge < -0.3 is 31.5 Å². The van der Waals surface area contributed by atoms with Crippen LogP contribution in [0.3, 0.4) is 0 Å². The summed E-state index contributed by atoms with van der Waals surface area (Å²) in [7, 11) is 0. The van der Waals surface area contributed by atoms with E-state index in [2.05, 4.69) is 47.4 Å². The lowest BCUT2D eigenvalue weighted by molar-refractivity contribution is 0.287. The number of hydrogen-bond acceptors (Lipinski definition) is 8. The summed E-state index contributed by atoms with van der Waals surface area (Å²) in [5.74, 6) is 1.36. The number of rotatable bonds is 8. The molecule has 4 aromatic heterocycles. The Bertz CT molecular complexity index is 1690. The molecule has 0 aliphatic carbocycles. The number of ether oxygens (including phenoxy) is 1. The number of nitrogens with zero attached hydrogens (tertiary/aromatic N) is 4. The third-order valence-corrected chi connectivity index (χ3v) is 6.10. The molecule has 0 saturated carbocycles. The lowest BCUT2D eigenvalue weighted by atomic mass is 10.1. The molecule has 0 saturated heterocycles. The first-order chi connectivity index (χ1) is 18.1. The minimum Gasteiger partial charge on any atom is -0.490 e. The van der Waals surface area contributed by atoms with Gasteiger partial charge in [-0.05, 0) is 41.8 Å². The number of imidazole rings is 1. The van der Waals surface area contributed by atoms with Gasteiger partial charge in [0, 0.05) is 40.6 Å². The minimum absolute atomic E-state index is 0.148. The number of fused-ring (bicyclic) bond motifs is 2. The predicted molar refractivity (Wildman–Crippen MR) is 145 cm³/mol. The largest absolute Gasteiger partial charge is 0.490 e. The fourth-order valence-corrected chi connectivity index (χ4v) is 4.35. The van der Waals surface area contributed by atoms with Gasteiger partial charge in [0.2, 0.25) is 5.95 Å². The lowest BCUT2D eigenvalue weighted by Crippen LogP contribution is -2.30. The Morgan fingerprint density at radius 1 is 0.973 bits per heavy atom. The number of nitrogens with one attached hydrogen (secondary N) is 3. The minimum atomic E-state index is -0.157. The number of nitrogens with two attached hydrogens (primary N) is 2. The van der Waals surface area contributed by atoms with Crippen molar-refractivity contribution in [2.24, 2.45) is 5.73 Å². The van der Waals surface area contributed by atoms with Crippen LogP contribution in [-0.4, -0.2) is 42.6 Å². The van der Waals surface area contributed by atoms with Crippen molar-refractivity contribution < 1.29 is 4.74 Å². The molecule has 2 aromatic carbocycles. The van der Waals surface area contributed by atoms with Gasteiger partial charge in [-0.2, -0.15) is 9.97 Å². The molecule has 10 heteroatoms. The maximum atomic E-state index is 6.39. The van der Waals surface area contributed by atoms with Crippen molar-refractivity contribution in [3.63, 3.8) is 0 Å². The van der Waals surface area contributed by atoms with Gasteiger partial charge in [0.05, 0.1) is 12.5 Å². The molecule has 0 radical (unpaired) electrons. The second-order valence-corrected chi connectivity index (χ2v) is 8.78. The fourth-order valence-electron chi connectivity index (χ4n) is 4.35. The van der Waals surface area contributed by atoms with Gasteiger partial charge in [0.15, 0.2) is 11.5 Å². The van der Waals surface area contributed by atoms with Gasteiger partial charge >= 0.3 is 0 Å². The van der Waals surface area contributed by atoms with E-state index >= 15 is 0 Å². The zero-order valence-corrected chi connectivity index (χ0v) is 19.8. The Morgan fingerprint density at radius 3 is 2.84 bits per heavy atom. The van der Waals surface area contributed by atoms with E-state index in [0.717, 1.165) is 22.3 Å². The zero-order chi connectivity index (χ0) is 25.2. The Kier molecular flexibility index (Phi) is 5.83. The number of aromatic nitrogens is 6. The maximum absolute atomic E-state index is 6.39. The van der Waals surface area contributed by atoms with Crippen molar-refractivity contribution in [2.75, 3.05) is 17.7 Å². The number of nitrogen functional groups attached to an aromatic ring is 1. The second-order valence-electron chi connectivity index (χ2n) is 8.78. The lowest BCUT2D eigenvalue weighted by Gasteiger charge is -2.14. The van der Waals surface area contributed by atoms with E-state index in [9.17, 15) is 0 Å². The van der Waals surface area contributed by atoms with Crippen molar-refractivity contribution in [1.82, 2.24) is 29.9 Å². The third-order valence-electron chi connectivity index (χ3n) is 6.10. The normalized spacial score (nSPS) is 12.1. The smallest absolute Gasteiger partial charge is 0.224 e. The van der Waals surface area contributed by atoms with Crippen LogP contribution < -0.4 is 21.5 Å². The molecule has 10 nitrogen and oxygen atoms in total. The van der Waals surface area contributed by atoms with Gasteiger partial charge in [-0.1, -0.05) is 30.3 Å². The van der Waals surface area contributed by atoms with Crippen LogP contribution in [0.15, 0.2) is 79.5 Å². The summed E-state index contributed by atoms with van der Waals surface area (Å²) in [6.45, 7) is 0.377. The molecule has 6 rings (SSSR count). The maximum Gasteiger partial charge on any atom is 0.224 e. The highest BCUT2D eigenvalue weighted by Gasteiger charge is 2.12. The number of pyridine rings is 1. The summed E-state index contributed by atoms with van der Waals surface area (Å²) in [4.78, 5) is 23.3. The molecule has 7 N–H and O–H groups in total. The number of H-pyrrole nitrogens is 2. The van der Waals surface area contributed by atoms with Gasteiger partial charge in [0.25, 0.3) is 0 Å². The quantitative estimate of drug-likeness (QED) is 0.212. The van der Waals surface area contributed by atoms with Crippen LogP contribution in [0.2, 0.25) is 0 Å². The van der Waals surface area contributed by atoms with Crippen LogP contribution >= 0.6 is 0 Å². The average molecular weight is 492 g/mol. The van der Waals surface area contributed by atoms with Crippen molar-refractivity contribution in [1.29, 1.82) is 0 Å². The molecular weight excluding hydrogens is 466 g/mol. The molecule has 1 unspecified atom stereocenters. The first kappa shape index (κ1) is 22.5. The van der Waals surface area contributed by atoms with Crippen molar-refractivity contribution in [3.8, 4) is 16.9 Å². The summed E-state index contributed by atoms with van der Waals surface area (Å²) < 4.78 is 6.01. The molecule has 0 aliphatic heterocycles. The van der Waals surface area contributed by atoms with Crippen LogP contribution in [0.5, 0.6) is 5.75 Å². The zero-order valence-electron chi connectivity index (χ0n) is 19.8. The van der Waals surface area contributed by atoms with Crippen LogP contribution in [0, 0.1) is 0 Å². The number of hydrogen-bond donors (Lipinski definition) is 5. The SMILES string of the molecule is Nc1nc(Nc2cccc(-c3cncc(OCC(N)Cc4c[nH]c5ccccc45)c3)c2)c2[nH]cnc2n1. The van der Waals surface area contributed by atoms with Crippen LogP contribution in [-0.2, 0) is 6.42 Å². The number of para-hydroxylation sites is 1. The topological polar surface area (TPSA) is 156 Å². The highest BCUT2D eigenvalue weighted by Crippen LogP contribution is 2.28. The third kappa shape index (κ3) is 4.78. The van der Waals surface area contributed by atoms with Crippen molar-refractivity contribution in [3.05, 3.63) is 85.1 Å². The number of anilines is 3. The second kappa shape index (κ2) is 9.59. The monoisotopic (exact) mass is 491 g/mol. The Morgan fingerprint density at radius 2 is 1.89 bits per heavy atom. The molecule has 4 heterocycles. The van der Waals surface area contributed by atoms with Crippen LogP contribution in [0.1, 0.15) is 5.56 Å². The molecular formula is C27H25N9O. The molecule has 1 atom stereocenters. The summed E-state index contributed by atoms with van der Waals surface area (Å²) in [6, 6.07) is 17.9. The van der Waals surface area contributed by atoms with E-state index in [4.69, 9.17) is 16.2 Å². The molecule has 184 valence electrons. The fraction of sp³-hybridized carbons (Fsp3) is 0.111. The van der Waals surface area contributed by atoms with Crippen molar-refractivity contribution in [2.45, 2.75) is 12.5 Å². The number of benzene rings is 2. The van der Waals surface area contributed by atoms with Crippen LogP contribution in [0.25, 0.3) is 33.2 Å². The Hall–Kier alpha value is -4.96. The van der Waals surface area contributed by atoms with E-state index in [1.54, 1.807) is 18.7 Å². The summed E-state index contributed by atoms with van der Waals surface area (Å²) in [5.41, 5.74) is 18.4. The summed E-state index contributed by atoms with van der Waals surface area (Å²) in [6.07, 6.45) is 7.78. The van der Waals surface area contributed by atoms with Gasteiger partial charge in [0.1, 0.15) is 17.9 Å². The molecule has 0 spiro atoms. The number of aromatic amines is 2. The van der Waals surface area contributed by atoms with E-state index in [0.29, 0.717) is 35.8 Å². The summed E-state index contributed by atoms with van der Waals surface area (Å²) in [5, 5.41) is 4.49. The van der Waals surface area contributed by atoms with Crippen LogP contribution in [0.4, 0.5) is 17.5 Å². The van der Waals surface area contributed by atoms with Crippen molar-refractivity contribution >= 4 is 39.5 Å². The predicted octanol–water partition coefficient (Wildman–Crippen LogP) is 4.17. The van der Waals surface area contributed by atoms with Gasteiger partial charge in [-0.25, -0.2) is 4.98 Å². The molecule has 6 aromatic rings. The van der Waals surface area contributed by atoms with E-state index in [1.165, 1.54) is 10.9 Å². The first-order valence-corrected chi connectivity index (χ1v) is 11.8. The standard InChI is InChI=1S/C27H25N9O/c28-19(8-18-12-31-23-7-2-1-6-22(18)23)14-37-21-10-17(11-30-13-21)16-4-3-5-20(9-16)34-26-24-25(33-15-32-24)35-27(29)36-26/h1-7,9-13,15,19,31H,8,14,28H2,(H4,29,32,33,34,35,36).